The molecular weight excluding hydrogens is 294 g/mol. The molecule has 0 aliphatic rings. The van der Waals surface area contributed by atoms with Crippen LogP contribution in [0, 0.1) is 0 Å². The summed E-state index contributed by atoms with van der Waals surface area (Å²) in [4.78, 5) is 0. The highest BCUT2D eigenvalue weighted by Gasteiger charge is 2.16. The fraction of sp³-hybridized carbons (Fsp3) is 0.333. The van der Waals surface area contributed by atoms with Crippen molar-refractivity contribution in [2.24, 2.45) is 0 Å². The van der Waals surface area contributed by atoms with Crippen LogP contribution in [0.5, 0.6) is 0 Å². The largest absolute Gasteiger partial charge is 0.216 e. The minimum absolute atomic E-state index is 0.00224. The third-order valence-corrected chi connectivity index (χ3v) is 5.09. The van der Waals surface area contributed by atoms with Gasteiger partial charge in [-0.2, -0.15) is 0 Å². The van der Waals surface area contributed by atoms with Gasteiger partial charge in [-0.1, -0.05) is 68.4 Å². The van der Waals surface area contributed by atoms with Crippen LogP contribution in [-0.2, 0) is 15.8 Å². The highest BCUT2D eigenvalue weighted by molar-refractivity contribution is 7.88. The zero-order valence-electron chi connectivity index (χ0n) is 13.3. The lowest BCUT2D eigenvalue weighted by Gasteiger charge is -2.16. The molecule has 0 aliphatic heterocycles. The van der Waals surface area contributed by atoms with Gasteiger partial charge < -0.3 is 0 Å². The first-order valence-electron chi connectivity index (χ1n) is 7.51. The molecule has 3 nitrogen and oxygen atoms in total. The molecule has 0 radical (unpaired) electrons. The van der Waals surface area contributed by atoms with Crippen LogP contribution in [0.4, 0.5) is 0 Å². The molecule has 1 atom stereocenters. The predicted octanol–water partition coefficient (Wildman–Crippen LogP) is 3.99. The Bertz CT molecular complexity index is 692. The fourth-order valence-corrected chi connectivity index (χ4v) is 3.73. The minimum atomic E-state index is -3.36. The molecule has 0 saturated carbocycles. The molecule has 2 aromatic rings. The summed E-state index contributed by atoms with van der Waals surface area (Å²) in [6.45, 7) is 6.15. The SMILES string of the molecule is CC(C)c1ccc(C(C)NS(=O)(=O)Cc2ccccc2)cc1. The molecule has 22 heavy (non-hydrogen) atoms. The van der Waals surface area contributed by atoms with Crippen molar-refractivity contribution in [2.75, 3.05) is 0 Å². The van der Waals surface area contributed by atoms with E-state index in [1.54, 1.807) is 0 Å². The van der Waals surface area contributed by atoms with Gasteiger partial charge in [0.05, 0.1) is 5.75 Å². The average molecular weight is 317 g/mol. The zero-order chi connectivity index (χ0) is 16.2. The van der Waals surface area contributed by atoms with E-state index in [-0.39, 0.29) is 11.8 Å². The maximum Gasteiger partial charge on any atom is 0.216 e. The van der Waals surface area contributed by atoms with Crippen molar-refractivity contribution >= 4 is 10.0 Å². The number of benzene rings is 2. The van der Waals surface area contributed by atoms with Gasteiger partial charge >= 0.3 is 0 Å². The quantitative estimate of drug-likeness (QED) is 0.875. The molecule has 0 heterocycles. The fourth-order valence-electron chi connectivity index (χ4n) is 2.34. The van der Waals surface area contributed by atoms with E-state index in [0.717, 1.165) is 11.1 Å². The summed E-state index contributed by atoms with van der Waals surface area (Å²) in [5.41, 5.74) is 3.02. The molecular formula is C18H23NO2S. The van der Waals surface area contributed by atoms with Gasteiger partial charge in [0.1, 0.15) is 0 Å². The van der Waals surface area contributed by atoms with Crippen LogP contribution in [0.1, 0.15) is 49.4 Å². The van der Waals surface area contributed by atoms with E-state index >= 15 is 0 Å². The van der Waals surface area contributed by atoms with Gasteiger partial charge in [0.15, 0.2) is 0 Å². The standard InChI is InChI=1S/C18H23NO2S/c1-14(2)17-9-11-18(12-10-17)15(3)19-22(20,21)13-16-7-5-4-6-8-16/h4-12,14-15,19H,13H2,1-3H3. The highest BCUT2D eigenvalue weighted by atomic mass is 32.2. The number of sulfonamides is 1. The summed E-state index contributed by atoms with van der Waals surface area (Å²) in [5, 5.41) is 0. The van der Waals surface area contributed by atoms with Gasteiger partial charge in [0, 0.05) is 6.04 Å². The summed E-state index contributed by atoms with van der Waals surface area (Å²) in [7, 11) is -3.36. The summed E-state index contributed by atoms with van der Waals surface area (Å²) < 4.78 is 27.2. The molecule has 0 amide bonds. The van der Waals surface area contributed by atoms with E-state index < -0.39 is 10.0 Å². The topological polar surface area (TPSA) is 46.2 Å². The third-order valence-electron chi connectivity index (χ3n) is 3.66. The van der Waals surface area contributed by atoms with Crippen molar-refractivity contribution in [3.63, 3.8) is 0 Å². The van der Waals surface area contributed by atoms with Crippen molar-refractivity contribution in [3.05, 3.63) is 71.3 Å². The van der Waals surface area contributed by atoms with Gasteiger partial charge in [-0.15, -0.1) is 0 Å². The van der Waals surface area contributed by atoms with Crippen molar-refractivity contribution in [1.29, 1.82) is 0 Å². The Balaban J connectivity index is 2.05. The molecule has 0 bridgehead atoms. The molecule has 118 valence electrons. The van der Waals surface area contributed by atoms with Crippen LogP contribution in [0.3, 0.4) is 0 Å². The second kappa shape index (κ2) is 7.07. The molecule has 1 unspecified atom stereocenters. The molecule has 4 heteroatoms. The van der Waals surface area contributed by atoms with Crippen molar-refractivity contribution < 1.29 is 8.42 Å². The summed E-state index contributed by atoms with van der Waals surface area (Å²) in [6, 6.07) is 17.1. The van der Waals surface area contributed by atoms with Crippen LogP contribution in [-0.4, -0.2) is 8.42 Å². The van der Waals surface area contributed by atoms with Gasteiger partial charge in [0.25, 0.3) is 0 Å². The molecule has 0 fully saturated rings. The van der Waals surface area contributed by atoms with Crippen LogP contribution >= 0.6 is 0 Å². The van der Waals surface area contributed by atoms with Crippen LogP contribution in [0.2, 0.25) is 0 Å². The van der Waals surface area contributed by atoms with Gasteiger partial charge in [-0.3, -0.25) is 0 Å². The zero-order valence-corrected chi connectivity index (χ0v) is 14.1. The molecule has 1 N–H and O–H groups in total. The predicted molar refractivity (Wildman–Crippen MR) is 91.1 cm³/mol. The maximum atomic E-state index is 12.2. The van der Waals surface area contributed by atoms with Gasteiger partial charge in [-0.25, -0.2) is 13.1 Å². The second-order valence-corrected chi connectivity index (χ2v) is 7.66. The lowest BCUT2D eigenvalue weighted by atomic mass is 10.00. The monoisotopic (exact) mass is 317 g/mol. The molecule has 0 saturated heterocycles. The van der Waals surface area contributed by atoms with E-state index in [1.807, 2.05) is 49.4 Å². The second-order valence-electron chi connectivity index (χ2n) is 5.91. The first-order chi connectivity index (χ1) is 10.4. The first-order valence-corrected chi connectivity index (χ1v) is 9.16. The average Bonchev–Trinajstić information content (AvgIpc) is 2.47. The third kappa shape index (κ3) is 4.68. The first kappa shape index (κ1) is 16.7. The summed E-state index contributed by atoms with van der Waals surface area (Å²) in [6.07, 6.45) is 0. The molecule has 2 aromatic carbocycles. The smallest absolute Gasteiger partial charge is 0.212 e. The molecule has 0 aromatic heterocycles. The van der Waals surface area contributed by atoms with E-state index in [1.165, 1.54) is 5.56 Å². The number of hydrogen-bond acceptors (Lipinski definition) is 2. The lowest BCUT2D eigenvalue weighted by molar-refractivity contribution is 0.566. The van der Waals surface area contributed by atoms with Gasteiger partial charge in [0.2, 0.25) is 10.0 Å². The normalized spacial score (nSPS) is 13.3. The van der Waals surface area contributed by atoms with Crippen molar-refractivity contribution in [2.45, 2.75) is 38.5 Å². The van der Waals surface area contributed by atoms with Crippen molar-refractivity contribution in [1.82, 2.24) is 4.72 Å². The minimum Gasteiger partial charge on any atom is -0.212 e. The summed E-state index contributed by atoms with van der Waals surface area (Å²) in [5.74, 6) is 0.474. The Morgan fingerprint density at radius 2 is 1.41 bits per heavy atom. The molecule has 0 spiro atoms. The van der Waals surface area contributed by atoms with E-state index in [2.05, 4.69) is 30.7 Å². The number of hydrogen-bond donors (Lipinski definition) is 1. The number of rotatable bonds is 6. The highest BCUT2D eigenvalue weighted by Crippen LogP contribution is 2.19. The Kier molecular flexibility index (Phi) is 5.37. The Morgan fingerprint density at radius 3 is 1.95 bits per heavy atom. The van der Waals surface area contributed by atoms with E-state index in [0.29, 0.717) is 5.92 Å². The van der Waals surface area contributed by atoms with E-state index in [9.17, 15) is 8.42 Å². The maximum absolute atomic E-state index is 12.2. The Morgan fingerprint density at radius 1 is 0.864 bits per heavy atom. The Hall–Kier alpha value is -1.65. The van der Waals surface area contributed by atoms with Gasteiger partial charge in [-0.05, 0) is 29.5 Å². The number of nitrogens with one attached hydrogen (secondary N) is 1. The van der Waals surface area contributed by atoms with Crippen LogP contribution < -0.4 is 4.72 Å². The summed E-state index contributed by atoms with van der Waals surface area (Å²) >= 11 is 0. The van der Waals surface area contributed by atoms with Crippen LogP contribution in [0.15, 0.2) is 54.6 Å². The lowest BCUT2D eigenvalue weighted by Crippen LogP contribution is -2.28. The van der Waals surface area contributed by atoms with Crippen molar-refractivity contribution in [3.8, 4) is 0 Å². The molecule has 2 rings (SSSR count). The van der Waals surface area contributed by atoms with Crippen LogP contribution in [0.25, 0.3) is 0 Å². The Labute approximate surface area is 133 Å². The van der Waals surface area contributed by atoms with E-state index in [4.69, 9.17) is 0 Å². The molecule has 0 aliphatic carbocycles.